The second-order valence-electron chi connectivity index (χ2n) is 5.13. The molecule has 0 aliphatic heterocycles. The van der Waals surface area contributed by atoms with Crippen LogP contribution in [-0.2, 0) is 18.4 Å². The molecule has 0 atom stereocenters. The topological polar surface area (TPSA) is 20.2 Å². The molecule has 1 aromatic rings. The van der Waals surface area contributed by atoms with Gasteiger partial charge in [-0.15, -0.1) is 0 Å². The van der Waals surface area contributed by atoms with E-state index >= 15 is 0 Å². The third-order valence-electron chi connectivity index (χ3n) is 3.99. The summed E-state index contributed by atoms with van der Waals surface area (Å²) < 4.78 is 0. The molecule has 15 heavy (non-hydrogen) atoms. The van der Waals surface area contributed by atoms with Crippen molar-refractivity contribution in [3.63, 3.8) is 0 Å². The molecular weight excluding hydrogens is 184 g/mol. The van der Waals surface area contributed by atoms with Crippen LogP contribution >= 0.6 is 0 Å². The third-order valence-corrected chi connectivity index (χ3v) is 3.99. The molecule has 0 amide bonds. The first-order chi connectivity index (χ1) is 7.21. The van der Waals surface area contributed by atoms with Gasteiger partial charge in [0.2, 0.25) is 0 Å². The zero-order chi connectivity index (χ0) is 10.5. The van der Waals surface area contributed by atoms with Gasteiger partial charge in [-0.25, -0.2) is 0 Å². The fraction of sp³-hybridized carbons (Fsp3) is 0.571. The standard InChI is InChI=1S/C14H18O/c1-10-6-7-13(14(15)8-9-14)12-5-3-2-4-11(10)12/h6-7,15H,2-5,8-9H2,1H3. The van der Waals surface area contributed by atoms with Crippen molar-refractivity contribution >= 4 is 0 Å². The Hall–Kier alpha value is -0.820. The maximum Gasteiger partial charge on any atom is 0.0901 e. The molecule has 1 heteroatoms. The van der Waals surface area contributed by atoms with E-state index in [0.717, 1.165) is 12.8 Å². The van der Waals surface area contributed by atoms with Gasteiger partial charge in [0, 0.05) is 0 Å². The molecule has 3 rings (SSSR count). The number of aryl methyl sites for hydroxylation is 1. The SMILES string of the molecule is Cc1ccc(C2(O)CC2)c2c1CCCC2. The predicted molar refractivity (Wildman–Crippen MR) is 61.0 cm³/mol. The van der Waals surface area contributed by atoms with Crippen LogP contribution < -0.4 is 0 Å². The highest BCUT2D eigenvalue weighted by Gasteiger charge is 2.44. The molecular formula is C14H18O. The van der Waals surface area contributed by atoms with E-state index in [9.17, 15) is 5.11 Å². The molecule has 1 saturated carbocycles. The van der Waals surface area contributed by atoms with Crippen molar-refractivity contribution in [1.82, 2.24) is 0 Å². The minimum Gasteiger partial charge on any atom is -0.385 e. The maximum atomic E-state index is 10.2. The van der Waals surface area contributed by atoms with E-state index in [1.54, 1.807) is 0 Å². The Bertz CT molecular complexity index is 402. The van der Waals surface area contributed by atoms with Crippen molar-refractivity contribution in [2.45, 2.75) is 51.0 Å². The van der Waals surface area contributed by atoms with Crippen LogP contribution in [0.2, 0.25) is 0 Å². The second-order valence-corrected chi connectivity index (χ2v) is 5.13. The van der Waals surface area contributed by atoms with E-state index in [2.05, 4.69) is 19.1 Å². The van der Waals surface area contributed by atoms with Gasteiger partial charge in [-0.05, 0) is 67.7 Å². The van der Waals surface area contributed by atoms with Gasteiger partial charge in [0.25, 0.3) is 0 Å². The first kappa shape index (κ1) is 9.41. The molecule has 0 heterocycles. The first-order valence-electron chi connectivity index (χ1n) is 6.05. The molecule has 2 aliphatic carbocycles. The summed E-state index contributed by atoms with van der Waals surface area (Å²) in [6.07, 6.45) is 6.92. The van der Waals surface area contributed by atoms with Gasteiger partial charge in [-0.1, -0.05) is 12.1 Å². The van der Waals surface area contributed by atoms with Crippen LogP contribution in [0.1, 0.15) is 47.9 Å². The molecule has 80 valence electrons. The quantitative estimate of drug-likeness (QED) is 0.742. The van der Waals surface area contributed by atoms with E-state index < -0.39 is 5.60 Å². The molecule has 1 aromatic carbocycles. The Balaban J connectivity index is 2.15. The zero-order valence-corrected chi connectivity index (χ0v) is 9.34. The number of rotatable bonds is 1. The fourth-order valence-electron chi connectivity index (χ4n) is 2.87. The monoisotopic (exact) mass is 202 g/mol. The molecule has 0 spiro atoms. The summed E-state index contributed by atoms with van der Waals surface area (Å²) in [4.78, 5) is 0. The number of hydrogen-bond acceptors (Lipinski definition) is 1. The number of aliphatic hydroxyl groups is 1. The Morgan fingerprint density at radius 3 is 2.40 bits per heavy atom. The van der Waals surface area contributed by atoms with Gasteiger partial charge < -0.3 is 5.11 Å². The smallest absolute Gasteiger partial charge is 0.0901 e. The zero-order valence-electron chi connectivity index (χ0n) is 9.34. The molecule has 1 nitrogen and oxygen atoms in total. The number of benzene rings is 1. The average molecular weight is 202 g/mol. The summed E-state index contributed by atoms with van der Waals surface area (Å²) in [6, 6.07) is 4.35. The predicted octanol–water partition coefficient (Wildman–Crippen LogP) is 2.86. The lowest BCUT2D eigenvalue weighted by Gasteiger charge is -2.23. The van der Waals surface area contributed by atoms with Crippen LogP contribution in [-0.4, -0.2) is 5.11 Å². The Kier molecular flexibility index (Phi) is 1.93. The normalized spacial score (nSPS) is 22.3. The summed E-state index contributed by atoms with van der Waals surface area (Å²) in [5.41, 5.74) is 5.20. The van der Waals surface area contributed by atoms with Gasteiger partial charge in [0.05, 0.1) is 5.60 Å². The van der Waals surface area contributed by atoms with E-state index in [0.29, 0.717) is 0 Å². The summed E-state index contributed by atoms with van der Waals surface area (Å²) in [7, 11) is 0. The molecule has 0 bridgehead atoms. The highest BCUT2D eigenvalue weighted by molar-refractivity contribution is 5.46. The summed E-state index contributed by atoms with van der Waals surface area (Å²) in [5.74, 6) is 0. The largest absolute Gasteiger partial charge is 0.385 e. The van der Waals surface area contributed by atoms with Gasteiger partial charge in [0.1, 0.15) is 0 Å². The Labute approximate surface area is 91.1 Å². The highest BCUT2D eigenvalue weighted by atomic mass is 16.3. The molecule has 2 aliphatic rings. The van der Waals surface area contributed by atoms with E-state index in [-0.39, 0.29) is 0 Å². The van der Waals surface area contributed by atoms with E-state index in [1.165, 1.54) is 47.9 Å². The average Bonchev–Trinajstić information content (AvgIpc) is 2.98. The first-order valence-corrected chi connectivity index (χ1v) is 6.05. The number of hydrogen-bond donors (Lipinski definition) is 1. The summed E-state index contributed by atoms with van der Waals surface area (Å²) in [5, 5.41) is 10.2. The minimum absolute atomic E-state index is 0.449. The van der Waals surface area contributed by atoms with E-state index in [1.807, 2.05) is 0 Å². The van der Waals surface area contributed by atoms with Crippen molar-refractivity contribution < 1.29 is 5.11 Å². The molecule has 1 N–H and O–H groups in total. The molecule has 0 radical (unpaired) electrons. The van der Waals surface area contributed by atoms with Crippen LogP contribution in [0.4, 0.5) is 0 Å². The summed E-state index contributed by atoms with van der Waals surface area (Å²) >= 11 is 0. The maximum absolute atomic E-state index is 10.2. The van der Waals surface area contributed by atoms with Crippen molar-refractivity contribution in [2.24, 2.45) is 0 Å². The van der Waals surface area contributed by atoms with Crippen molar-refractivity contribution in [3.05, 3.63) is 34.4 Å². The molecule has 0 aromatic heterocycles. The van der Waals surface area contributed by atoms with Crippen LogP contribution in [0.15, 0.2) is 12.1 Å². The minimum atomic E-state index is -0.449. The second kappa shape index (κ2) is 3.08. The van der Waals surface area contributed by atoms with Gasteiger partial charge in [-0.3, -0.25) is 0 Å². The molecule has 0 unspecified atom stereocenters. The van der Waals surface area contributed by atoms with Crippen LogP contribution in [0.3, 0.4) is 0 Å². The van der Waals surface area contributed by atoms with E-state index in [4.69, 9.17) is 0 Å². The lowest BCUT2D eigenvalue weighted by atomic mass is 9.83. The van der Waals surface area contributed by atoms with Crippen LogP contribution in [0, 0.1) is 6.92 Å². The Morgan fingerprint density at radius 1 is 1.07 bits per heavy atom. The molecule has 0 saturated heterocycles. The summed E-state index contributed by atoms with van der Waals surface area (Å²) in [6.45, 7) is 2.20. The van der Waals surface area contributed by atoms with Crippen LogP contribution in [0.5, 0.6) is 0 Å². The van der Waals surface area contributed by atoms with Crippen molar-refractivity contribution in [2.75, 3.05) is 0 Å². The Morgan fingerprint density at radius 2 is 1.73 bits per heavy atom. The van der Waals surface area contributed by atoms with Gasteiger partial charge in [-0.2, -0.15) is 0 Å². The van der Waals surface area contributed by atoms with Crippen molar-refractivity contribution in [1.29, 1.82) is 0 Å². The lowest BCUT2D eigenvalue weighted by Crippen LogP contribution is -2.14. The van der Waals surface area contributed by atoms with Gasteiger partial charge in [0.15, 0.2) is 0 Å². The van der Waals surface area contributed by atoms with Gasteiger partial charge >= 0.3 is 0 Å². The number of fused-ring (bicyclic) bond motifs is 1. The lowest BCUT2D eigenvalue weighted by molar-refractivity contribution is 0.150. The molecule has 1 fully saturated rings. The van der Waals surface area contributed by atoms with Crippen LogP contribution in [0.25, 0.3) is 0 Å². The third kappa shape index (κ3) is 1.41. The van der Waals surface area contributed by atoms with Crippen molar-refractivity contribution in [3.8, 4) is 0 Å². The highest BCUT2D eigenvalue weighted by Crippen LogP contribution is 2.48. The fourth-order valence-corrected chi connectivity index (χ4v) is 2.87.